The molecule has 0 aromatic rings. The minimum atomic E-state index is -2.15. The van der Waals surface area contributed by atoms with Crippen molar-refractivity contribution in [2.75, 3.05) is 6.61 Å². The number of rotatable bonds is 6. The molecule has 8 nitrogen and oxygen atoms in total. The van der Waals surface area contributed by atoms with E-state index in [0.29, 0.717) is 0 Å². The molecular formula is C6H12BO8. The Morgan fingerprint density at radius 3 is 2.13 bits per heavy atom. The number of aliphatic hydroxyl groups excluding tert-OH is 5. The van der Waals surface area contributed by atoms with E-state index in [-0.39, 0.29) is 7.69 Å². The Bertz CT molecular complexity index is 200. The van der Waals surface area contributed by atoms with Gasteiger partial charge in [-0.25, -0.2) is 0 Å². The highest BCUT2D eigenvalue weighted by Gasteiger charge is 2.34. The van der Waals surface area contributed by atoms with Crippen LogP contribution < -0.4 is 0 Å². The van der Waals surface area contributed by atoms with E-state index in [9.17, 15) is 4.79 Å². The van der Waals surface area contributed by atoms with Gasteiger partial charge in [-0.3, -0.25) is 4.79 Å². The first-order valence-electron chi connectivity index (χ1n) is 3.95. The quantitative estimate of drug-likeness (QED) is 0.247. The Morgan fingerprint density at radius 1 is 1.20 bits per heavy atom. The molecule has 0 amide bonds. The normalized spacial score (nSPS) is 18.8. The second-order valence-corrected chi connectivity index (χ2v) is 2.72. The molecule has 15 heavy (non-hydrogen) atoms. The summed E-state index contributed by atoms with van der Waals surface area (Å²) in [7, 11) is -0.00682. The Hall–Kier alpha value is -0.705. The molecule has 0 spiro atoms. The van der Waals surface area contributed by atoms with Crippen LogP contribution in [0.15, 0.2) is 0 Å². The SMILES string of the molecule is O=C(O[B]O)[C@H](O)[C@@H](O)[C@H](O)[C@H](O)CO. The van der Waals surface area contributed by atoms with Crippen LogP contribution in [0.1, 0.15) is 0 Å². The summed E-state index contributed by atoms with van der Waals surface area (Å²) in [6, 6.07) is 0. The average Bonchev–Trinajstić information content (AvgIpc) is 2.25. The van der Waals surface area contributed by atoms with Gasteiger partial charge >= 0.3 is 13.7 Å². The predicted molar refractivity (Wildman–Crippen MR) is 45.2 cm³/mol. The van der Waals surface area contributed by atoms with Crippen LogP contribution in [0.3, 0.4) is 0 Å². The summed E-state index contributed by atoms with van der Waals surface area (Å²) in [6.45, 7) is -0.855. The first-order valence-corrected chi connectivity index (χ1v) is 3.95. The lowest BCUT2D eigenvalue weighted by Crippen LogP contribution is -2.49. The number of carbonyl (C=O) groups excluding carboxylic acids is 1. The Kier molecular flexibility index (Phi) is 6.40. The maximum Gasteiger partial charge on any atom is 0.571 e. The van der Waals surface area contributed by atoms with E-state index in [1.165, 1.54) is 0 Å². The lowest BCUT2D eigenvalue weighted by molar-refractivity contribution is -0.162. The van der Waals surface area contributed by atoms with Crippen molar-refractivity contribution in [3.05, 3.63) is 0 Å². The Balaban J connectivity index is 4.29. The van der Waals surface area contributed by atoms with Gasteiger partial charge in [0.2, 0.25) is 0 Å². The highest BCUT2D eigenvalue weighted by molar-refractivity contribution is 6.20. The molecule has 0 aromatic carbocycles. The standard InChI is InChI=1S/C6H12BO8/c8-1-2(9)3(10)4(11)5(12)6(13)15-7-14/h2-5,8-12,14H,1H2/t2-,3-,4+,5-/m1/s1. The number of hydrogen-bond donors (Lipinski definition) is 6. The van der Waals surface area contributed by atoms with Crippen LogP contribution in [0, 0.1) is 0 Å². The van der Waals surface area contributed by atoms with Crippen LogP contribution >= 0.6 is 0 Å². The van der Waals surface area contributed by atoms with E-state index in [0.717, 1.165) is 0 Å². The molecule has 0 bridgehead atoms. The smallest absolute Gasteiger partial charge is 0.509 e. The molecule has 4 atom stereocenters. The van der Waals surface area contributed by atoms with Gasteiger partial charge in [-0.15, -0.1) is 0 Å². The van der Waals surface area contributed by atoms with Gasteiger partial charge in [0.05, 0.1) is 6.61 Å². The molecule has 0 fully saturated rings. The summed E-state index contributed by atoms with van der Waals surface area (Å²) in [5.41, 5.74) is 0. The Labute approximate surface area is 85.7 Å². The third kappa shape index (κ3) is 4.12. The zero-order chi connectivity index (χ0) is 12.0. The summed E-state index contributed by atoms with van der Waals surface area (Å²) >= 11 is 0. The van der Waals surface area contributed by atoms with Crippen LogP contribution in [0.4, 0.5) is 0 Å². The second-order valence-electron chi connectivity index (χ2n) is 2.72. The van der Waals surface area contributed by atoms with E-state index in [1.54, 1.807) is 0 Å². The maximum absolute atomic E-state index is 10.7. The highest BCUT2D eigenvalue weighted by Crippen LogP contribution is 2.06. The number of hydrogen-bond acceptors (Lipinski definition) is 8. The van der Waals surface area contributed by atoms with Crippen LogP contribution in [-0.4, -0.2) is 75.2 Å². The molecule has 0 unspecified atom stereocenters. The van der Waals surface area contributed by atoms with Crippen molar-refractivity contribution in [3.63, 3.8) is 0 Å². The van der Waals surface area contributed by atoms with Gasteiger partial charge in [0.15, 0.2) is 6.10 Å². The summed E-state index contributed by atoms with van der Waals surface area (Å²) < 4.78 is 3.81. The fraction of sp³-hybridized carbons (Fsp3) is 0.833. The second kappa shape index (κ2) is 6.72. The summed E-state index contributed by atoms with van der Waals surface area (Å²) in [5.74, 6) is -1.41. The molecule has 0 saturated heterocycles. The minimum Gasteiger partial charge on any atom is -0.509 e. The van der Waals surface area contributed by atoms with Crippen molar-refractivity contribution in [2.24, 2.45) is 0 Å². The van der Waals surface area contributed by atoms with Gasteiger partial charge < -0.3 is 35.2 Å². The van der Waals surface area contributed by atoms with Gasteiger partial charge in [0, 0.05) is 0 Å². The van der Waals surface area contributed by atoms with Crippen LogP contribution in [0.5, 0.6) is 0 Å². The molecule has 9 heteroatoms. The van der Waals surface area contributed by atoms with E-state index in [4.69, 9.17) is 30.6 Å². The molecule has 0 aliphatic rings. The van der Waals surface area contributed by atoms with E-state index < -0.39 is 37.0 Å². The summed E-state index contributed by atoms with van der Waals surface area (Å²) in [5, 5.41) is 52.6. The van der Waals surface area contributed by atoms with E-state index in [2.05, 4.69) is 4.65 Å². The van der Waals surface area contributed by atoms with Crippen molar-refractivity contribution >= 4 is 13.7 Å². The maximum atomic E-state index is 10.7. The first kappa shape index (κ1) is 14.3. The molecule has 0 rings (SSSR count). The molecule has 87 valence electrons. The van der Waals surface area contributed by atoms with Crippen LogP contribution in [0.2, 0.25) is 0 Å². The molecule has 6 N–H and O–H groups in total. The highest BCUT2D eigenvalue weighted by atomic mass is 16.6. The van der Waals surface area contributed by atoms with Crippen LogP contribution in [0.25, 0.3) is 0 Å². The van der Waals surface area contributed by atoms with E-state index in [1.807, 2.05) is 0 Å². The lowest BCUT2D eigenvalue weighted by atomic mass is 10.0. The summed E-state index contributed by atoms with van der Waals surface area (Å²) in [6.07, 6.45) is -7.82. The van der Waals surface area contributed by atoms with Crippen molar-refractivity contribution in [3.8, 4) is 0 Å². The van der Waals surface area contributed by atoms with Gasteiger partial charge in [-0.2, -0.15) is 0 Å². The van der Waals surface area contributed by atoms with Gasteiger partial charge in [0.25, 0.3) is 0 Å². The average molecular weight is 223 g/mol. The number of aliphatic hydroxyl groups is 5. The zero-order valence-corrected chi connectivity index (χ0v) is 7.59. The molecule has 0 aliphatic carbocycles. The minimum absolute atomic E-state index is 0.00682. The van der Waals surface area contributed by atoms with Gasteiger partial charge in [0.1, 0.15) is 18.3 Å². The molecule has 0 saturated carbocycles. The third-order valence-electron chi connectivity index (χ3n) is 1.67. The van der Waals surface area contributed by atoms with Crippen molar-refractivity contribution in [1.29, 1.82) is 0 Å². The zero-order valence-electron chi connectivity index (χ0n) is 7.59. The van der Waals surface area contributed by atoms with Crippen molar-refractivity contribution in [1.82, 2.24) is 0 Å². The molecular weight excluding hydrogens is 211 g/mol. The molecule has 0 heterocycles. The van der Waals surface area contributed by atoms with E-state index >= 15 is 0 Å². The molecule has 0 aliphatic heterocycles. The van der Waals surface area contributed by atoms with Crippen molar-refractivity contribution < 1.29 is 40.0 Å². The third-order valence-corrected chi connectivity index (χ3v) is 1.67. The fourth-order valence-electron chi connectivity index (χ4n) is 0.783. The first-order chi connectivity index (χ1) is 6.95. The fourth-order valence-corrected chi connectivity index (χ4v) is 0.783. The predicted octanol–water partition coefficient (Wildman–Crippen LogP) is -4.51. The molecule has 1 radical (unpaired) electrons. The van der Waals surface area contributed by atoms with Crippen molar-refractivity contribution in [2.45, 2.75) is 24.4 Å². The monoisotopic (exact) mass is 223 g/mol. The number of carbonyl (C=O) groups is 1. The summed E-state index contributed by atoms with van der Waals surface area (Å²) in [4.78, 5) is 10.7. The lowest BCUT2D eigenvalue weighted by Gasteiger charge is -2.24. The molecule has 0 aromatic heterocycles. The van der Waals surface area contributed by atoms with Crippen LogP contribution in [-0.2, 0) is 9.45 Å². The Morgan fingerprint density at radius 2 is 1.73 bits per heavy atom. The largest absolute Gasteiger partial charge is 0.571 e. The van der Waals surface area contributed by atoms with Gasteiger partial charge in [-0.1, -0.05) is 0 Å². The van der Waals surface area contributed by atoms with Gasteiger partial charge in [-0.05, 0) is 0 Å². The topological polar surface area (TPSA) is 148 Å².